The van der Waals surface area contributed by atoms with E-state index in [1.54, 1.807) is 4.90 Å². The monoisotopic (exact) mass is 440 g/mol. The summed E-state index contributed by atoms with van der Waals surface area (Å²) < 4.78 is 33.1. The van der Waals surface area contributed by atoms with E-state index in [4.69, 9.17) is 4.42 Å². The summed E-state index contributed by atoms with van der Waals surface area (Å²) in [5, 5.41) is 0. The van der Waals surface area contributed by atoms with Crippen molar-refractivity contribution in [3.63, 3.8) is 0 Å². The molecule has 0 bridgehead atoms. The fourth-order valence-electron chi connectivity index (χ4n) is 4.68. The van der Waals surface area contributed by atoms with Gasteiger partial charge in [-0.05, 0) is 31.0 Å². The maximum Gasteiger partial charge on any atom is 0.298 e. The van der Waals surface area contributed by atoms with Crippen LogP contribution in [0.4, 0.5) is 14.8 Å². The Balaban J connectivity index is 1.18. The van der Waals surface area contributed by atoms with Gasteiger partial charge in [0.05, 0.1) is 0 Å². The number of benzene rings is 2. The third-order valence-electron chi connectivity index (χ3n) is 6.54. The molecule has 2 aromatic carbocycles. The van der Waals surface area contributed by atoms with Crippen LogP contribution in [0.1, 0.15) is 24.8 Å². The SMILES string of the molecule is O=C1CC[C@@H](N2CCN(c3nc4ccccc4o3)CC2)CCN1Cc1ccc(F)cc1F. The summed E-state index contributed by atoms with van der Waals surface area (Å²) in [5.74, 6) is -1.18. The summed E-state index contributed by atoms with van der Waals surface area (Å²) in [6.45, 7) is 4.16. The molecule has 0 N–H and O–H groups in total. The molecule has 1 amide bonds. The van der Waals surface area contributed by atoms with Crippen LogP contribution in [0, 0.1) is 11.6 Å². The number of anilines is 1. The Morgan fingerprint density at radius 2 is 1.81 bits per heavy atom. The Morgan fingerprint density at radius 3 is 2.59 bits per heavy atom. The lowest BCUT2D eigenvalue weighted by molar-refractivity contribution is -0.131. The van der Waals surface area contributed by atoms with Gasteiger partial charge in [0.15, 0.2) is 5.58 Å². The van der Waals surface area contributed by atoms with Crippen LogP contribution in [0.2, 0.25) is 0 Å². The Bertz CT molecular complexity index is 1080. The van der Waals surface area contributed by atoms with E-state index in [-0.39, 0.29) is 12.5 Å². The van der Waals surface area contributed by atoms with Crippen LogP contribution in [0.25, 0.3) is 11.1 Å². The van der Waals surface area contributed by atoms with Crippen molar-refractivity contribution < 1.29 is 18.0 Å². The molecule has 0 aliphatic carbocycles. The van der Waals surface area contributed by atoms with E-state index in [1.165, 1.54) is 12.1 Å². The van der Waals surface area contributed by atoms with E-state index in [9.17, 15) is 13.6 Å². The molecule has 2 aliphatic heterocycles. The molecule has 3 aromatic rings. The maximum atomic E-state index is 14.0. The molecule has 1 atom stereocenters. The number of amides is 1. The average Bonchev–Trinajstić information content (AvgIpc) is 3.15. The molecule has 0 spiro atoms. The molecule has 168 valence electrons. The number of rotatable bonds is 4. The summed E-state index contributed by atoms with van der Waals surface area (Å²) in [6, 6.07) is 12.3. The summed E-state index contributed by atoms with van der Waals surface area (Å²) >= 11 is 0. The number of piperazine rings is 1. The highest BCUT2D eigenvalue weighted by Gasteiger charge is 2.30. The van der Waals surface area contributed by atoms with Crippen molar-refractivity contribution in [1.29, 1.82) is 0 Å². The highest BCUT2D eigenvalue weighted by molar-refractivity contribution is 5.76. The van der Waals surface area contributed by atoms with Crippen LogP contribution >= 0.6 is 0 Å². The van der Waals surface area contributed by atoms with Crippen LogP contribution in [0.3, 0.4) is 0 Å². The molecule has 3 heterocycles. The number of hydrogen-bond acceptors (Lipinski definition) is 5. The number of fused-ring (bicyclic) bond motifs is 1. The Hall–Kier alpha value is -3.00. The van der Waals surface area contributed by atoms with E-state index in [0.29, 0.717) is 30.6 Å². The number of hydrogen-bond donors (Lipinski definition) is 0. The molecule has 5 rings (SSSR count). The van der Waals surface area contributed by atoms with Gasteiger partial charge in [-0.3, -0.25) is 9.69 Å². The zero-order chi connectivity index (χ0) is 22.1. The van der Waals surface area contributed by atoms with E-state index in [0.717, 1.165) is 56.2 Å². The fourth-order valence-corrected chi connectivity index (χ4v) is 4.68. The number of oxazole rings is 1. The molecular weight excluding hydrogens is 414 g/mol. The maximum absolute atomic E-state index is 14.0. The highest BCUT2D eigenvalue weighted by atomic mass is 19.1. The third-order valence-corrected chi connectivity index (χ3v) is 6.54. The van der Waals surface area contributed by atoms with Gasteiger partial charge in [0, 0.05) is 63.4 Å². The minimum atomic E-state index is -0.606. The number of halogens is 2. The number of aromatic nitrogens is 1. The highest BCUT2D eigenvalue weighted by Crippen LogP contribution is 2.25. The predicted molar refractivity (Wildman–Crippen MR) is 117 cm³/mol. The van der Waals surface area contributed by atoms with Crippen molar-refractivity contribution in [2.75, 3.05) is 37.6 Å². The zero-order valence-corrected chi connectivity index (χ0v) is 17.8. The predicted octanol–water partition coefficient (Wildman–Crippen LogP) is 3.81. The van der Waals surface area contributed by atoms with E-state index in [2.05, 4.69) is 14.8 Å². The van der Waals surface area contributed by atoms with Crippen molar-refractivity contribution in [2.45, 2.75) is 31.8 Å². The first kappa shape index (κ1) is 20.9. The van der Waals surface area contributed by atoms with Gasteiger partial charge in [0.25, 0.3) is 6.01 Å². The van der Waals surface area contributed by atoms with Crippen molar-refractivity contribution in [2.24, 2.45) is 0 Å². The minimum absolute atomic E-state index is 0.0290. The molecule has 2 fully saturated rings. The van der Waals surface area contributed by atoms with Crippen LogP contribution < -0.4 is 4.90 Å². The molecule has 8 heteroatoms. The third kappa shape index (κ3) is 4.32. The molecule has 2 saturated heterocycles. The lowest BCUT2D eigenvalue weighted by Crippen LogP contribution is -2.50. The molecule has 6 nitrogen and oxygen atoms in total. The Labute approximate surface area is 185 Å². The minimum Gasteiger partial charge on any atom is -0.423 e. The fraction of sp³-hybridized carbons (Fsp3) is 0.417. The van der Waals surface area contributed by atoms with Gasteiger partial charge in [-0.2, -0.15) is 4.98 Å². The number of likely N-dealkylation sites (tertiary alicyclic amines) is 1. The van der Waals surface area contributed by atoms with Crippen molar-refractivity contribution >= 4 is 23.0 Å². The quantitative estimate of drug-likeness (QED) is 0.618. The van der Waals surface area contributed by atoms with Crippen molar-refractivity contribution in [3.8, 4) is 0 Å². The summed E-state index contributed by atoms with van der Waals surface area (Å²) in [7, 11) is 0. The van der Waals surface area contributed by atoms with Gasteiger partial charge in [0.2, 0.25) is 5.91 Å². The van der Waals surface area contributed by atoms with Gasteiger partial charge in [-0.1, -0.05) is 18.2 Å². The van der Waals surface area contributed by atoms with Crippen molar-refractivity contribution in [1.82, 2.24) is 14.8 Å². The summed E-state index contributed by atoms with van der Waals surface area (Å²) in [4.78, 5) is 23.5. The van der Waals surface area contributed by atoms with Crippen LogP contribution in [0.5, 0.6) is 0 Å². The molecule has 32 heavy (non-hydrogen) atoms. The molecule has 0 radical (unpaired) electrons. The average molecular weight is 440 g/mol. The van der Waals surface area contributed by atoms with Crippen LogP contribution in [0.15, 0.2) is 46.9 Å². The number of carbonyl (C=O) groups is 1. The van der Waals surface area contributed by atoms with E-state index >= 15 is 0 Å². The topological polar surface area (TPSA) is 52.8 Å². The molecule has 1 aromatic heterocycles. The number of carbonyl (C=O) groups excluding carboxylic acids is 1. The Morgan fingerprint density at radius 1 is 1.00 bits per heavy atom. The van der Waals surface area contributed by atoms with Crippen molar-refractivity contribution in [3.05, 3.63) is 59.7 Å². The van der Waals surface area contributed by atoms with Gasteiger partial charge < -0.3 is 14.2 Å². The first-order chi connectivity index (χ1) is 15.6. The van der Waals surface area contributed by atoms with Crippen LogP contribution in [-0.4, -0.2) is 59.5 Å². The second-order valence-electron chi connectivity index (χ2n) is 8.52. The standard InChI is InChI=1S/C24H26F2N4O2/c25-18-6-5-17(20(26)15-18)16-30-10-9-19(7-8-23(30)31)28-11-13-29(14-12-28)24-27-21-3-1-2-4-22(21)32-24/h1-6,15,19H,7-14,16H2/t19-/m1/s1. The molecule has 0 saturated carbocycles. The normalized spacial score (nSPS) is 20.7. The lowest BCUT2D eigenvalue weighted by Gasteiger charge is -2.38. The number of nitrogens with zero attached hydrogens (tertiary/aromatic N) is 4. The molecule has 0 unspecified atom stereocenters. The van der Waals surface area contributed by atoms with Gasteiger partial charge in [-0.15, -0.1) is 0 Å². The molecular formula is C24H26F2N4O2. The van der Waals surface area contributed by atoms with Gasteiger partial charge in [0.1, 0.15) is 17.2 Å². The summed E-state index contributed by atoms with van der Waals surface area (Å²) in [6.07, 6.45) is 2.08. The second kappa shape index (κ2) is 8.86. The van der Waals surface area contributed by atoms with Gasteiger partial charge in [-0.25, -0.2) is 8.78 Å². The lowest BCUT2D eigenvalue weighted by atomic mass is 10.1. The van der Waals surface area contributed by atoms with E-state index in [1.807, 2.05) is 24.3 Å². The summed E-state index contributed by atoms with van der Waals surface area (Å²) in [5.41, 5.74) is 2.01. The number of para-hydroxylation sites is 2. The first-order valence-corrected chi connectivity index (χ1v) is 11.1. The largest absolute Gasteiger partial charge is 0.423 e. The second-order valence-corrected chi connectivity index (χ2v) is 8.52. The Kier molecular flexibility index (Phi) is 5.78. The first-order valence-electron chi connectivity index (χ1n) is 11.1. The van der Waals surface area contributed by atoms with E-state index < -0.39 is 11.6 Å². The molecule has 2 aliphatic rings. The van der Waals surface area contributed by atoms with Crippen LogP contribution in [-0.2, 0) is 11.3 Å². The van der Waals surface area contributed by atoms with Gasteiger partial charge >= 0.3 is 0 Å². The zero-order valence-electron chi connectivity index (χ0n) is 17.8. The smallest absolute Gasteiger partial charge is 0.298 e.